The molecule has 0 aliphatic heterocycles. The topological polar surface area (TPSA) is 9.23 Å². The first-order valence-corrected chi connectivity index (χ1v) is 6.64. The Labute approximate surface area is 119 Å². The first-order valence-electron chi connectivity index (χ1n) is 5.35. The van der Waals surface area contributed by atoms with Crippen LogP contribution >= 0.6 is 27.5 Å². The van der Waals surface area contributed by atoms with Crippen molar-refractivity contribution >= 4 is 27.5 Å². The van der Waals surface area contributed by atoms with Crippen LogP contribution in [0.3, 0.4) is 0 Å². The van der Waals surface area contributed by atoms with Gasteiger partial charge in [0.25, 0.3) is 0 Å². The van der Waals surface area contributed by atoms with Crippen molar-refractivity contribution in [3.63, 3.8) is 0 Å². The van der Waals surface area contributed by atoms with E-state index in [4.69, 9.17) is 16.3 Å². The maximum absolute atomic E-state index is 13.0. The summed E-state index contributed by atoms with van der Waals surface area (Å²) in [6.07, 6.45) is 0. The molecule has 0 heterocycles. The average Bonchev–Trinajstić information content (AvgIpc) is 2.38. The maximum Gasteiger partial charge on any atom is 0.124 e. The summed E-state index contributed by atoms with van der Waals surface area (Å²) in [5, 5.41) is 0.410. The number of hydrogen-bond donors (Lipinski definition) is 0. The zero-order valence-electron chi connectivity index (χ0n) is 9.66. The third-order valence-electron chi connectivity index (χ3n) is 2.64. The van der Waals surface area contributed by atoms with Crippen molar-refractivity contribution in [2.45, 2.75) is 4.83 Å². The van der Waals surface area contributed by atoms with E-state index in [1.54, 1.807) is 13.2 Å². The molecule has 0 spiro atoms. The molecule has 0 aliphatic carbocycles. The van der Waals surface area contributed by atoms with Crippen LogP contribution in [-0.2, 0) is 0 Å². The third kappa shape index (κ3) is 2.85. The quantitative estimate of drug-likeness (QED) is 0.722. The predicted octanol–water partition coefficient (Wildman–Crippen LogP) is 4.97. The van der Waals surface area contributed by atoms with Crippen LogP contribution < -0.4 is 4.74 Å². The summed E-state index contributed by atoms with van der Waals surface area (Å²) in [5.41, 5.74) is 1.87. The predicted molar refractivity (Wildman–Crippen MR) is 75.2 cm³/mol. The highest BCUT2D eigenvalue weighted by atomic mass is 79.9. The van der Waals surface area contributed by atoms with E-state index in [2.05, 4.69) is 15.9 Å². The van der Waals surface area contributed by atoms with Gasteiger partial charge in [0.15, 0.2) is 0 Å². The van der Waals surface area contributed by atoms with Gasteiger partial charge in [0.1, 0.15) is 11.6 Å². The number of methoxy groups -OCH3 is 1. The van der Waals surface area contributed by atoms with E-state index in [1.165, 1.54) is 12.1 Å². The third-order valence-corrected chi connectivity index (χ3v) is 3.99. The van der Waals surface area contributed by atoms with Gasteiger partial charge in [0.2, 0.25) is 0 Å². The van der Waals surface area contributed by atoms with Gasteiger partial charge in [-0.15, -0.1) is 0 Å². The Kier molecular flexibility index (Phi) is 4.25. The summed E-state index contributed by atoms with van der Waals surface area (Å²) in [5.74, 6) is 0.460. The lowest BCUT2D eigenvalue weighted by molar-refractivity contribution is 0.414. The minimum absolute atomic E-state index is 0.0727. The molecule has 0 aliphatic rings. The molecule has 2 aromatic carbocycles. The van der Waals surface area contributed by atoms with Crippen LogP contribution in [0.5, 0.6) is 5.75 Å². The van der Waals surface area contributed by atoms with Crippen molar-refractivity contribution in [2.24, 2.45) is 0 Å². The number of halogens is 3. The Morgan fingerprint density at radius 3 is 2.39 bits per heavy atom. The minimum Gasteiger partial charge on any atom is -0.497 e. The van der Waals surface area contributed by atoms with Crippen molar-refractivity contribution in [3.05, 3.63) is 64.4 Å². The van der Waals surface area contributed by atoms with Crippen molar-refractivity contribution in [1.29, 1.82) is 0 Å². The van der Waals surface area contributed by atoms with E-state index in [-0.39, 0.29) is 10.6 Å². The van der Waals surface area contributed by atoms with E-state index in [1.807, 2.05) is 24.3 Å². The SMILES string of the molecule is COc1ccc(C(Br)c2ccc(F)cc2Cl)cc1. The summed E-state index contributed by atoms with van der Waals surface area (Å²) in [6.45, 7) is 0. The van der Waals surface area contributed by atoms with Crippen LogP contribution in [0, 0.1) is 5.82 Å². The standard InChI is InChI=1S/C14H11BrClFO/c1-18-11-5-2-9(3-6-11)14(15)12-7-4-10(17)8-13(12)16/h2-8,14H,1H3. The van der Waals surface area contributed by atoms with E-state index < -0.39 is 0 Å². The molecule has 18 heavy (non-hydrogen) atoms. The molecule has 0 saturated carbocycles. The van der Waals surface area contributed by atoms with Gasteiger partial charge in [-0.1, -0.05) is 45.7 Å². The Hall–Kier alpha value is -1.06. The van der Waals surface area contributed by atoms with Crippen molar-refractivity contribution in [2.75, 3.05) is 7.11 Å². The van der Waals surface area contributed by atoms with E-state index in [0.29, 0.717) is 5.02 Å². The number of alkyl halides is 1. The molecule has 1 unspecified atom stereocenters. The van der Waals surface area contributed by atoms with E-state index in [0.717, 1.165) is 16.9 Å². The lowest BCUT2D eigenvalue weighted by atomic mass is 10.0. The van der Waals surface area contributed by atoms with E-state index >= 15 is 0 Å². The first-order chi connectivity index (χ1) is 8.61. The van der Waals surface area contributed by atoms with Crippen LogP contribution in [0.15, 0.2) is 42.5 Å². The average molecular weight is 330 g/mol. The van der Waals surface area contributed by atoms with Gasteiger partial charge >= 0.3 is 0 Å². The molecule has 0 fully saturated rings. The zero-order valence-corrected chi connectivity index (χ0v) is 12.0. The highest BCUT2D eigenvalue weighted by molar-refractivity contribution is 9.09. The summed E-state index contributed by atoms with van der Waals surface area (Å²) in [4.78, 5) is -0.0727. The Morgan fingerprint density at radius 2 is 1.83 bits per heavy atom. The van der Waals surface area contributed by atoms with Crippen molar-refractivity contribution in [1.82, 2.24) is 0 Å². The Balaban J connectivity index is 2.31. The molecule has 0 saturated heterocycles. The van der Waals surface area contributed by atoms with Crippen LogP contribution in [0.1, 0.15) is 16.0 Å². The Morgan fingerprint density at radius 1 is 1.17 bits per heavy atom. The molecule has 4 heteroatoms. The van der Waals surface area contributed by atoms with Gasteiger partial charge in [-0.2, -0.15) is 0 Å². The maximum atomic E-state index is 13.0. The van der Waals surface area contributed by atoms with Gasteiger partial charge in [-0.25, -0.2) is 4.39 Å². The highest BCUT2D eigenvalue weighted by Crippen LogP contribution is 2.35. The largest absolute Gasteiger partial charge is 0.497 e. The first kappa shape index (κ1) is 13.4. The molecule has 1 atom stereocenters. The van der Waals surface area contributed by atoms with E-state index in [9.17, 15) is 4.39 Å². The monoisotopic (exact) mass is 328 g/mol. The van der Waals surface area contributed by atoms with Crippen molar-refractivity contribution in [3.8, 4) is 5.75 Å². The molecule has 0 bridgehead atoms. The zero-order chi connectivity index (χ0) is 13.1. The van der Waals surface area contributed by atoms with Gasteiger partial charge in [-0.05, 0) is 35.4 Å². The van der Waals surface area contributed by atoms with Gasteiger partial charge in [-0.3, -0.25) is 0 Å². The number of hydrogen-bond acceptors (Lipinski definition) is 1. The second-order valence-corrected chi connectivity index (χ2v) is 5.12. The van der Waals surface area contributed by atoms with Crippen LogP contribution in [0.4, 0.5) is 4.39 Å². The molecule has 2 aromatic rings. The number of ether oxygens (including phenoxy) is 1. The number of benzene rings is 2. The lowest BCUT2D eigenvalue weighted by Gasteiger charge is -2.13. The van der Waals surface area contributed by atoms with Crippen LogP contribution in [-0.4, -0.2) is 7.11 Å². The second kappa shape index (κ2) is 5.72. The van der Waals surface area contributed by atoms with Gasteiger partial charge in [0.05, 0.1) is 11.9 Å². The van der Waals surface area contributed by atoms with Crippen LogP contribution in [0.25, 0.3) is 0 Å². The summed E-state index contributed by atoms with van der Waals surface area (Å²) >= 11 is 9.61. The molecule has 0 radical (unpaired) electrons. The Bertz CT molecular complexity index is 542. The summed E-state index contributed by atoms with van der Waals surface area (Å²) in [6, 6.07) is 12.0. The molecular formula is C14H11BrClFO. The molecule has 1 nitrogen and oxygen atoms in total. The fourth-order valence-electron chi connectivity index (χ4n) is 1.66. The fourth-order valence-corrected chi connectivity index (χ4v) is 2.77. The molecule has 0 N–H and O–H groups in total. The fraction of sp³-hybridized carbons (Fsp3) is 0.143. The molecular weight excluding hydrogens is 319 g/mol. The number of rotatable bonds is 3. The second-order valence-electron chi connectivity index (χ2n) is 3.80. The molecule has 0 aromatic heterocycles. The summed E-state index contributed by atoms with van der Waals surface area (Å²) < 4.78 is 18.1. The van der Waals surface area contributed by atoms with Crippen molar-refractivity contribution < 1.29 is 9.13 Å². The normalized spacial score (nSPS) is 12.2. The lowest BCUT2D eigenvalue weighted by Crippen LogP contribution is -1.94. The molecule has 2 rings (SSSR count). The highest BCUT2D eigenvalue weighted by Gasteiger charge is 2.14. The summed E-state index contributed by atoms with van der Waals surface area (Å²) in [7, 11) is 1.62. The minimum atomic E-state index is -0.335. The van der Waals surface area contributed by atoms with Gasteiger partial charge < -0.3 is 4.74 Å². The van der Waals surface area contributed by atoms with Gasteiger partial charge in [0, 0.05) is 5.02 Å². The molecule has 0 amide bonds. The molecule has 94 valence electrons. The smallest absolute Gasteiger partial charge is 0.124 e. The van der Waals surface area contributed by atoms with Crippen LogP contribution in [0.2, 0.25) is 5.02 Å².